The molecule has 0 aliphatic rings. The SMILES string of the molecule is O=C(Nc1cccc(C(F)(F)F)c1)[C@H](Cc1ccccc1)NS(=O)(=O)c1cccc2nsnc12. The molecule has 0 radical (unpaired) electrons. The molecule has 1 heterocycles. The summed E-state index contributed by atoms with van der Waals surface area (Å²) in [5.74, 6) is -0.810. The second-order valence-electron chi connectivity index (χ2n) is 7.32. The van der Waals surface area contributed by atoms with Crippen LogP contribution in [-0.4, -0.2) is 29.1 Å². The molecule has 0 bridgehead atoms. The second-order valence-corrected chi connectivity index (χ2v) is 9.53. The molecule has 0 aliphatic heterocycles. The zero-order chi connectivity index (χ0) is 24.3. The fraction of sp³-hybridized carbons (Fsp3) is 0.136. The largest absolute Gasteiger partial charge is 0.416 e. The lowest BCUT2D eigenvalue weighted by Gasteiger charge is -2.19. The average Bonchev–Trinajstić information content (AvgIpc) is 3.28. The lowest BCUT2D eigenvalue weighted by molar-refractivity contribution is -0.137. The fourth-order valence-electron chi connectivity index (χ4n) is 3.29. The van der Waals surface area contributed by atoms with Crippen molar-refractivity contribution in [3.63, 3.8) is 0 Å². The van der Waals surface area contributed by atoms with Crippen molar-refractivity contribution in [2.45, 2.75) is 23.5 Å². The minimum absolute atomic E-state index is 0.0316. The van der Waals surface area contributed by atoms with E-state index < -0.39 is 33.7 Å². The van der Waals surface area contributed by atoms with E-state index in [1.165, 1.54) is 18.2 Å². The molecule has 0 fully saturated rings. The zero-order valence-corrected chi connectivity index (χ0v) is 18.9. The Labute approximate surface area is 197 Å². The number of sulfonamides is 1. The topological polar surface area (TPSA) is 101 Å². The van der Waals surface area contributed by atoms with Crippen molar-refractivity contribution in [1.29, 1.82) is 0 Å². The first-order chi connectivity index (χ1) is 16.1. The van der Waals surface area contributed by atoms with Gasteiger partial charge in [0.25, 0.3) is 0 Å². The highest BCUT2D eigenvalue weighted by Crippen LogP contribution is 2.30. The van der Waals surface area contributed by atoms with Gasteiger partial charge in [0.1, 0.15) is 22.0 Å². The summed E-state index contributed by atoms with van der Waals surface area (Å²) in [7, 11) is -4.23. The number of anilines is 1. The van der Waals surface area contributed by atoms with Crippen molar-refractivity contribution in [3.8, 4) is 0 Å². The van der Waals surface area contributed by atoms with Crippen LogP contribution in [0.3, 0.4) is 0 Å². The highest BCUT2D eigenvalue weighted by atomic mass is 32.2. The maximum atomic E-state index is 13.2. The predicted molar refractivity (Wildman–Crippen MR) is 122 cm³/mol. The van der Waals surface area contributed by atoms with Gasteiger partial charge in [-0.3, -0.25) is 4.79 Å². The van der Waals surface area contributed by atoms with Gasteiger partial charge in [0, 0.05) is 5.69 Å². The zero-order valence-electron chi connectivity index (χ0n) is 17.3. The molecule has 3 aromatic carbocycles. The molecule has 4 aromatic rings. The molecule has 0 spiro atoms. The van der Waals surface area contributed by atoms with Crippen LogP contribution in [0.4, 0.5) is 18.9 Å². The molecule has 0 saturated carbocycles. The van der Waals surface area contributed by atoms with Crippen LogP contribution < -0.4 is 10.0 Å². The van der Waals surface area contributed by atoms with E-state index in [-0.39, 0.29) is 22.5 Å². The number of hydrogen-bond donors (Lipinski definition) is 2. The number of carbonyl (C=O) groups is 1. The van der Waals surface area contributed by atoms with Crippen molar-refractivity contribution in [1.82, 2.24) is 13.5 Å². The van der Waals surface area contributed by atoms with E-state index in [0.717, 1.165) is 29.9 Å². The predicted octanol–water partition coefficient (Wildman–Crippen LogP) is 4.24. The summed E-state index contributed by atoms with van der Waals surface area (Å²) in [6, 6.07) is 15.9. The number of benzene rings is 3. The molecule has 2 N–H and O–H groups in total. The van der Waals surface area contributed by atoms with Crippen molar-refractivity contribution in [3.05, 3.63) is 83.9 Å². The molecule has 12 heteroatoms. The Kier molecular flexibility index (Phi) is 6.64. The average molecular weight is 507 g/mol. The van der Waals surface area contributed by atoms with E-state index in [9.17, 15) is 26.4 Å². The molecule has 0 unspecified atom stereocenters. The molecule has 1 aromatic heterocycles. The standard InChI is InChI=1S/C22H17F3N4O3S2/c23-22(24,25)15-8-4-9-16(13-15)26-21(30)18(12-14-6-2-1-3-7-14)29-34(31,32)19-11-5-10-17-20(19)28-33-27-17/h1-11,13,18,29H,12H2,(H,26,30)/t18-/m0/s1. The van der Waals surface area contributed by atoms with E-state index in [1.54, 1.807) is 36.4 Å². The lowest BCUT2D eigenvalue weighted by Crippen LogP contribution is -2.45. The van der Waals surface area contributed by atoms with Gasteiger partial charge in [0.15, 0.2) is 0 Å². The number of rotatable bonds is 7. The minimum Gasteiger partial charge on any atom is -0.325 e. The quantitative estimate of drug-likeness (QED) is 0.391. The van der Waals surface area contributed by atoms with E-state index in [1.807, 2.05) is 0 Å². The first kappa shape index (κ1) is 23.8. The van der Waals surface area contributed by atoms with Gasteiger partial charge in [-0.25, -0.2) is 8.42 Å². The number of amides is 1. The number of fused-ring (bicyclic) bond motifs is 1. The van der Waals surface area contributed by atoms with Crippen molar-refractivity contribution >= 4 is 44.4 Å². The third kappa shape index (κ3) is 5.41. The van der Waals surface area contributed by atoms with Crippen LogP contribution in [0.1, 0.15) is 11.1 Å². The lowest BCUT2D eigenvalue weighted by atomic mass is 10.1. The van der Waals surface area contributed by atoms with Gasteiger partial charge in [-0.15, -0.1) is 0 Å². The summed E-state index contributed by atoms with van der Waals surface area (Å²) in [4.78, 5) is 12.9. The molecule has 0 saturated heterocycles. The Hall–Kier alpha value is -3.35. The number of aromatic nitrogens is 2. The normalized spacial score (nSPS) is 13.0. The molecular formula is C22H17F3N4O3S2. The number of nitrogens with zero attached hydrogens (tertiary/aromatic N) is 2. The maximum absolute atomic E-state index is 13.2. The fourth-order valence-corrected chi connectivity index (χ4v) is 5.25. The van der Waals surface area contributed by atoms with Crippen LogP contribution in [0, 0.1) is 0 Å². The monoisotopic (exact) mass is 506 g/mol. The third-order valence-electron chi connectivity index (χ3n) is 4.89. The summed E-state index contributed by atoms with van der Waals surface area (Å²) >= 11 is 0.853. The summed E-state index contributed by atoms with van der Waals surface area (Å²) in [5, 5.41) is 2.39. The molecule has 1 amide bonds. The molecule has 4 rings (SSSR count). The summed E-state index contributed by atoms with van der Waals surface area (Å²) in [6.07, 6.45) is -4.62. The van der Waals surface area contributed by atoms with Crippen LogP contribution in [0.25, 0.3) is 11.0 Å². The molecule has 0 aliphatic carbocycles. The van der Waals surface area contributed by atoms with Crippen molar-refractivity contribution in [2.75, 3.05) is 5.32 Å². The van der Waals surface area contributed by atoms with E-state index in [0.29, 0.717) is 11.1 Å². The Morgan fingerprint density at radius 1 is 0.971 bits per heavy atom. The van der Waals surface area contributed by atoms with Crippen LogP contribution in [-0.2, 0) is 27.4 Å². The van der Waals surface area contributed by atoms with E-state index in [4.69, 9.17) is 0 Å². The van der Waals surface area contributed by atoms with Gasteiger partial charge < -0.3 is 5.32 Å². The van der Waals surface area contributed by atoms with Gasteiger partial charge in [-0.05, 0) is 42.3 Å². The van der Waals surface area contributed by atoms with Crippen molar-refractivity contribution < 1.29 is 26.4 Å². The minimum atomic E-state index is -4.59. The van der Waals surface area contributed by atoms with Gasteiger partial charge >= 0.3 is 6.18 Å². The highest BCUT2D eigenvalue weighted by molar-refractivity contribution is 7.89. The summed E-state index contributed by atoms with van der Waals surface area (Å²) in [6.45, 7) is 0. The summed E-state index contributed by atoms with van der Waals surface area (Å²) in [5.41, 5.74) is 0.164. The smallest absolute Gasteiger partial charge is 0.325 e. The van der Waals surface area contributed by atoms with Crippen LogP contribution in [0.2, 0.25) is 0 Å². The number of alkyl halides is 3. The Bertz CT molecular complexity index is 1420. The Morgan fingerprint density at radius 2 is 1.71 bits per heavy atom. The molecule has 7 nitrogen and oxygen atoms in total. The molecular weight excluding hydrogens is 489 g/mol. The third-order valence-corrected chi connectivity index (χ3v) is 6.94. The Balaban J connectivity index is 1.64. The van der Waals surface area contributed by atoms with Gasteiger partial charge in [-0.1, -0.05) is 42.5 Å². The molecule has 176 valence electrons. The number of carbonyl (C=O) groups excluding carboxylic acids is 1. The summed E-state index contributed by atoms with van der Waals surface area (Å²) < 4.78 is 75.9. The van der Waals surface area contributed by atoms with Crippen LogP contribution >= 0.6 is 11.7 Å². The van der Waals surface area contributed by atoms with Crippen molar-refractivity contribution in [2.24, 2.45) is 0 Å². The molecule has 1 atom stereocenters. The number of halogens is 3. The van der Waals surface area contributed by atoms with E-state index in [2.05, 4.69) is 18.8 Å². The number of hydrogen-bond acceptors (Lipinski definition) is 6. The maximum Gasteiger partial charge on any atom is 0.416 e. The molecule has 34 heavy (non-hydrogen) atoms. The second kappa shape index (κ2) is 9.49. The van der Waals surface area contributed by atoms with Crippen LogP contribution in [0.15, 0.2) is 77.7 Å². The number of nitrogens with one attached hydrogen (secondary N) is 2. The first-order valence-electron chi connectivity index (χ1n) is 9.89. The van der Waals surface area contributed by atoms with Gasteiger partial charge in [0.2, 0.25) is 15.9 Å². The first-order valence-corrected chi connectivity index (χ1v) is 12.1. The van der Waals surface area contributed by atoms with Gasteiger partial charge in [0.05, 0.1) is 17.3 Å². The Morgan fingerprint density at radius 3 is 2.44 bits per heavy atom. The van der Waals surface area contributed by atoms with Gasteiger partial charge in [-0.2, -0.15) is 26.6 Å². The van der Waals surface area contributed by atoms with Crippen LogP contribution in [0.5, 0.6) is 0 Å². The van der Waals surface area contributed by atoms with E-state index >= 15 is 0 Å². The highest BCUT2D eigenvalue weighted by Gasteiger charge is 2.31.